The van der Waals surface area contributed by atoms with Crippen molar-refractivity contribution in [3.63, 3.8) is 0 Å². The Balaban J connectivity index is 1.73. The van der Waals surface area contributed by atoms with Crippen molar-refractivity contribution >= 4 is 17.7 Å². The Kier molecular flexibility index (Phi) is 4.80. The maximum atomic E-state index is 11.9. The highest BCUT2D eigenvalue weighted by Gasteiger charge is 2.20. The number of benzene rings is 2. The van der Waals surface area contributed by atoms with Crippen molar-refractivity contribution < 1.29 is 23.8 Å². The number of anilines is 1. The number of carboxylic acid groups (broad SMARTS) is 1. The van der Waals surface area contributed by atoms with E-state index in [2.05, 4.69) is 5.32 Å². The Morgan fingerprint density at radius 2 is 1.64 bits per heavy atom. The molecule has 0 aliphatic carbocycles. The van der Waals surface area contributed by atoms with Gasteiger partial charge in [-0.25, -0.2) is 9.59 Å². The quantitative estimate of drug-likeness (QED) is 0.720. The molecule has 1 heterocycles. The van der Waals surface area contributed by atoms with E-state index in [1.807, 2.05) is 36.4 Å². The number of carbonyl (C=O) groups is 2. The van der Waals surface area contributed by atoms with Crippen LogP contribution in [0.15, 0.2) is 71.1 Å². The standard InChI is InChI=1S/C19H15NO5/c21-18(22)17-15(11-16(25-17)14-9-5-2-6-10-14)20-19(23)24-12-13-7-3-1-4-8-13/h1-11H,12H2,(H,20,23)(H,21,22). The normalized spacial score (nSPS) is 10.2. The van der Waals surface area contributed by atoms with E-state index in [-0.39, 0.29) is 18.1 Å². The van der Waals surface area contributed by atoms with Gasteiger partial charge >= 0.3 is 12.1 Å². The van der Waals surface area contributed by atoms with Crippen LogP contribution >= 0.6 is 0 Å². The summed E-state index contributed by atoms with van der Waals surface area (Å²) in [4.78, 5) is 23.3. The van der Waals surface area contributed by atoms with Gasteiger partial charge in [-0.15, -0.1) is 0 Å². The number of carbonyl (C=O) groups excluding carboxylic acids is 1. The Labute approximate surface area is 143 Å². The van der Waals surface area contributed by atoms with Gasteiger partial charge in [-0.1, -0.05) is 60.7 Å². The van der Waals surface area contributed by atoms with Gasteiger partial charge in [0, 0.05) is 11.6 Å². The van der Waals surface area contributed by atoms with E-state index in [1.165, 1.54) is 6.07 Å². The van der Waals surface area contributed by atoms with Gasteiger partial charge in [-0.3, -0.25) is 5.32 Å². The molecule has 1 amide bonds. The van der Waals surface area contributed by atoms with E-state index >= 15 is 0 Å². The lowest BCUT2D eigenvalue weighted by Gasteiger charge is -2.05. The van der Waals surface area contributed by atoms with Gasteiger partial charge in [-0.05, 0) is 5.56 Å². The molecule has 3 aromatic rings. The van der Waals surface area contributed by atoms with Crippen LogP contribution in [0.25, 0.3) is 11.3 Å². The second-order valence-corrected chi connectivity index (χ2v) is 5.21. The van der Waals surface area contributed by atoms with Crippen molar-refractivity contribution in [1.29, 1.82) is 0 Å². The van der Waals surface area contributed by atoms with Crippen LogP contribution in [0.5, 0.6) is 0 Å². The summed E-state index contributed by atoms with van der Waals surface area (Å²) in [6.45, 7) is 0.0818. The van der Waals surface area contributed by atoms with Gasteiger partial charge in [0.1, 0.15) is 12.4 Å². The fourth-order valence-corrected chi connectivity index (χ4v) is 2.26. The van der Waals surface area contributed by atoms with Crippen LogP contribution in [0.1, 0.15) is 16.1 Å². The van der Waals surface area contributed by atoms with Crippen LogP contribution in [0, 0.1) is 0 Å². The summed E-state index contributed by atoms with van der Waals surface area (Å²) in [6, 6.07) is 19.6. The first kappa shape index (κ1) is 16.3. The third-order valence-electron chi connectivity index (χ3n) is 3.43. The molecule has 0 radical (unpaired) electrons. The molecule has 3 rings (SSSR count). The van der Waals surface area contributed by atoms with Crippen molar-refractivity contribution in [1.82, 2.24) is 0 Å². The number of hydrogen-bond acceptors (Lipinski definition) is 4. The summed E-state index contributed by atoms with van der Waals surface area (Å²) in [5.41, 5.74) is 1.58. The lowest BCUT2D eigenvalue weighted by molar-refractivity contribution is 0.0665. The Bertz CT molecular complexity index is 871. The molecule has 6 nitrogen and oxygen atoms in total. The maximum absolute atomic E-state index is 11.9. The number of amides is 1. The van der Waals surface area contributed by atoms with Gasteiger partial charge < -0.3 is 14.3 Å². The molecule has 0 saturated heterocycles. The van der Waals surface area contributed by atoms with Crippen LogP contribution in [-0.4, -0.2) is 17.2 Å². The lowest BCUT2D eigenvalue weighted by Crippen LogP contribution is -2.15. The minimum absolute atomic E-state index is 0.0458. The molecule has 126 valence electrons. The molecule has 0 saturated carbocycles. The molecule has 0 atom stereocenters. The molecule has 2 aromatic carbocycles. The van der Waals surface area contributed by atoms with E-state index in [4.69, 9.17) is 9.15 Å². The number of ether oxygens (including phenoxy) is 1. The summed E-state index contributed by atoms with van der Waals surface area (Å²) in [7, 11) is 0. The van der Waals surface area contributed by atoms with E-state index in [0.717, 1.165) is 5.56 Å². The van der Waals surface area contributed by atoms with Gasteiger partial charge in [-0.2, -0.15) is 0 Å². The third-order valence-corrected chi connectivity index (χ3v) is 3.43. The molecule has 0 aliphatic heterocycles. The number of aromatic carboxylic acids is 1. The van der Waals surface area contributed by atoms with E-state index in [9.17, 15) is 14.7 Å². The highest BCUT2D eigenvalue weighted by molar-refractivity contribution is 5.97. The second-order valence-electron chi connectivity index (χ2n) is 5.21. The van der Waals surface area contributed by atoms with Crippen molar-refractivity contribution in [2.24, 2.45) is 0 Å². The molecule has 0 bridgehead atoms. The first-order valence-electron chi connectivity index (χ1n) is 7.54. The minimum atomic E-state index is -1.28. The monoisotopic (exact) mass is 337 g/mol. The minimum Gasteiger partial charge on any atom is -0.475 e. The van der Waals surface area contributed by atoms with Crippen LogP contribution < -0.4 is 5.32 Å². The summed E-state index contributed by atoms with van der Waals surface area (Å²) in [5, 5.41) is 11.7. The smallest absolute Gasteiger partial charge is 0.412 e. The number of hydrogen-bond donors (Lipinski definition) is 2. The maximum Gasteiger partial charge on any atom is 0.412 e. The number of rotatable bonds is 5. The second kappa shape index (κ2) is 7.35. The first-order valence-corrected chi connectivity index (χ1v) is 7.54. The summed E-state index contributed by atoms with van der Waals surface area (Å²) in [5.74, 6) is -1.28. The van der Waals surface area contributed by atoms with Crippen molar-refractivity contribution in [2.75, 3.05) is 5.32 Å². The zero-order valence-corrected chi connectivity index (χ0v) is 13.1. The highest BCUT2D eigenvalue weighted by atomic mass is 16.5. The van der Waals surface area contributed by atoms with Crippen LogP contribution in [0.2, 0.25) is 0 Å². The average Bonchev–Trinajstić information content (AvgIpc) is 3.06. The van der Waals surface area contributed by atoms with E-state index in [1.54, 1.807) is 24.3 Å². The van der Waals surface area contributed by atoms with Crippen molar-refractivity contribution in [3.05, 3.63) is 78.1 Å². The fourth-order valence-electron chi connectivity index (χ4n) is 2.26. The molecule has 25 heavy (non-hydrogen) atoms. The molecule has 0 fully saturated rings. The SMILES string of the molecule is O=C(Nc1cc(-c2ccccc2)oc1C(=O)O)OCc1ccccc1. The predicted octanol–water partition coefficient (Wildman–Crippen LogP) is 4.39. The van der Waals surface area contributed by atoms with Crippen LogP contribution in [-0.2, 0) is 11.3 Å². The Morgan fingerprint density at radius 3 is 2.28 bits per heavy atom. The number of nitrogens with one attached hydrogen (secondary N) is 1. The molecule has 1 aromatic heterocycles. The lowest BCUT2D eigenvalue weighted by atomic mass is 10.2. The van der Waals surface area contributed by atoms with Crippen LogP contribution in [0.4, 0.5) is 10.5 Å². The topological polar surface area (TPSA) is 88.8 Å². The zero-order valence-electron chi connectivity index (χ0n) is 13.1. The predicted molar refractivity (Wildman–Crippen MR) is 91.4 cm³/mol. The summed E-state index contributed by atoms with van der Waals surface area (Å²) < 4.78 is 10.5. The van der Waals surface area contributed by atoms with Gasteiger partial charge in [0.15, 0.2) is 0 Å². The first-order chi connectivity index (χ1) is 12.1. The number of furan rings is 1. The van der Waals surface area contributed by atoms with E-state index in [0.29, 0.717) is 11.3 Å². The van der Waals surface area contributed by atoms with Crippen LogP contribution in [0.3, 0.4) is 0 Å². The summed E-state index contributed by atoms with van der Waals surface area (Å²) in [6.07, 6.45) is -0.758. The van der Waals surface area contributed by atoms with Gasteiger partial charge in [0.25, 0.3) is 0 Å². The summed E-state index contributed by atoms with van der Waals surface area (Å²) >= 11 is 0. The molecule has 6 heteroatoms. The number of carboxylic acids is 1. The molecular weight excluding hydrogens is 322 g/mol. The molecular formula is C19H15NO5. The third kappa shape index (κ3) is 4.06. The largest absolute Gasteiger partial charge is 0.475 e. The average molecular weight is 337 g/mol. The Morgan fingerprint density at radius 1 is 1.00 bits per heavy atom. The molecule has 0 aliphatic rings. The molecule has 0 unspecified atom stereocenters. The van der Waals surface area contributed by atoms with E-state index < -0.39 is 12.1 Å². The molecule has 0 spiro atoms. The highest BCUT2D eigenvalue weighted by Crippen LogP contribution is 2.29. The Hall–Kier alpha value is -3.54. The molecule has 2 N–H and O–H groups in total. The van der Waals surface area contributed by atoms with Crippen molar-refractivity contribution in [3.8, 4) is 11.3 Å². The van der Waals surface area contributed by atoms with Gasteiger partial charge in [0.05, 0.1) is 5.69 Å². The van der Waals surface area contributed by atoms with Crippen molar-refractivity contribution in [2.45, 2.75) is 6.61 Å². The van der Waals surface area contributed by atoms with Gasteiger partial charge in [0.2, 0.25) is 5.76 Å². The zero-order chi connectivity index (χ0) is 17.6. The fraction of sp³-hybridized carbons (Fsp3) is 0.0526.